The number of carbonyl (C=O) groups is 1. The van der Waals surface area contributed by atoms with Crippen LogP contribution in [0.1, 0.15) is 18.4 Å². The molecule has 0 saturated carbocycles. The number of para-hydroxylation sites is 1. The Bertz CT molecular complexity index is 828. The summed E-state index contributed by atoms with van der Waals surface area (Å²) in [5.41, 5.74) is 2.04. The highest BCUT2D eigenvalue weighted by molar-refractivity contribution is 7.88. The highest BCUT2D eigenvalue weighted by Crippen LogP contribution is 2.21. The van der Waals surface area contributed by atoms with Gasteiger partial charge < -0.3 is 9.88 Å². The average Bonchev–Trinajstić information content (AvgIpc) is 2.96. The Kier molecular flexibility index (Phi) is 4.91. The molecule has 2 heterocycles. The van der Waals surface area contributed by atoms with Crippen LogP contribution >= 0.6 is 0 Å². The number of nitrogens with zero attached hydrogens (tertiary/aromatic N) is 1. The van der Waals surface area contributed by atoms with Crippen molar-refractivity contribution in [2.45, 2.75) is 19.3 Å². The van der Waals surface area contributed by atoms with Crippen LogP contribution in [0, 0.1) is 5.92 Å². The Morgan fingerprint density at radius 2 is 2.17 bits per heavy atom. The minimum Gasteiger partial charge on any atom is -0.361 e. The van der Waals surface area contributed by atoms with E-state index < -0.39 is 10.0 Å². The van der Waals surface area contributed by atoms with Crippen LogP contribution in [-0.4, -0.2) is 50.1 Å². The molecule has 0 spiro atoms. The van der Waals surface area contributed by atoms with Gasteiger partial charge in [0.25, 0.3) is 0 Å². The predicted octanol–water partition coefficient (Wildman–Crippen LogP) is 1.50. The second kappa shape index (κ2) is 6.94. The van der Waals surface area contributed by atoms with Gasteiger partial charge in [0.15, 0.2) is 0 Å². The number of aromatic amines is 1. The Labute approximate surface area is 142 Å². The SMILES string of the molecule is CS(=O)(=O)NC[C@H]1CCCN(C(=O)Cc2c[nH]c3ccccc23)C1. The predicted molar refractivity (Wildman–Crippen MR) is 94.2 cm³/mol. The molecule has 1 aliphatic heterocycles. The molecule has 1 fully saturated rings. The summed E-state index contributed by atoms with van der Waals surface area (Å²) in [5.74, 6) is 0.282. The first kappa shape index (κ1) is 17.0. The first-order valence-corrected chi connectivity index (χ1v) is 10.1. The number of fused-ring (bicyclic) bond motifs is 1. The van der Waals surface area contributed by atoms with Gasteiger partial charge in [-0.1, -0.05) is 18.2 Å². The van der Waals surface area contributed by atoms with E-state index in [0.29, 0.717) is 19.5 Å². The largest absolute Gasteiger partial charge is 0.361 e. The fourth-order valence-electron chi connectivity index (χ4n) is 3.28. The first-order valence-electron chi connectivity index (χ1n) is 8.20. The van der Waals surface area contributed by atoms with Crippen LogP contribution in [-0.2, 0) is 21.2 Å². The van der Waals surface area contributed by atoms with Crippen molar-refractivity contribution in [3.63, 3.8) is 0 Å². The van der Waals surface area contributed by atoms with E-state index in [1.54, 1.807) is 0 Å². The Morgan fingerprint density at radius 3 is 2.96 bits per heavy atom. The standard InChI is InChI=1S/C17H23N3O3S/c1-24(22,23)19-10-13-5-4-8-20(12-13)17(21)9-14-11-18-16-7-3-2-6-15(14)16/h2-3,6-7,11,13,18-19H,4-5,8-10,12H2,1H3/t13-/m1/s1. The van der Waals surface area contributed by atoms with Gasteiger partial charge in [0, 0.05) is 36.7 Å². The zero-order valence-electron chi connectivity index (χ0n) is 13.8. The molecule has 7 heteroatoms. The monoisotopic (exact) mass is 349 g/mol. The molecule has 2 N–H and O–H groups in total. The molecule has 1 aromatic heterocycles. The first-order chi connectivity index (χ1) is 11.4. The summed E-state index contributed by atoms with van der Waals surface area (Å²) in [5, 5.41) is 1.08. The van der Waals surface area contributed by atoms with Gasteiger partial charge in [-0.05, 0) is 30.4 Å². The van der Waals surface area contributed by atoms with Crippen molar-refractivity contribution in [2.24, 2.45) is 5.92 Å². The summed E-state index contributed by atoms with van der Waals surface area (Å²) in [4.78, 5) is 17.7. The molecule has 1 saturated heterocycles. The molecule has 24 heavy (non-hydrogen) atoms. The van der Waals surface area contributed by atoms with E-state index in [9.17, 15) is 13.2 Å². The third-order valence-corrected chi connectivity index (χ3v) is 5.21. The fourth-order valence-corrected chi connectivity index (χ4v) is 3.82. The Hall–Kier alpha value is -1.86. The number of hydrogen-bond donors (Lipinski definition) is 2. The maximum atomic E-state index is 12.6. The summed E-state index contributed by atoms with van der Waals surface area (Å²) in [6, 6.07) is 7.95. The summed E-state index contributed by atoms with van der Waals surface area (Å²) in [7, 11) is -3.18. The molecule has 0 aliphatic carbocycles. The molecular weight excluding hydrogens is 326 g/mol. The van der Waals surface area contributed by atoms with Gasteiger partial charge in [0.2, 0.25) is 15.9 Å². The molecule has 2 aromatic rings. The lowest BCUT2D eigenvalue weighted by atomic mass is 9.97. The van der Waals surface area contributed by atoms with Crippen molar-refractivity contribution in [1.82, 2.24) is 14.6 Å². The number of hydrogen-bond acceptors (Lipinski definition) is 3. The van der Waals surface area contributed by atoms with Gasteiger partial charge in [-0.2, -0.15) is 0 Å². The van der Waals surface area contributed by atoms with Gasteiger partial charge in [-0.25, -0.2) is 13.1 Å². The van der Waals surface area contributed by atoms with Crippen LogP contribution in [0.4, 0.5) is 0 Å². The van der Waals surface area contributed by atoms with Crippen molar-refractivity contribution in [3.8, 4) is 0 Å². The Balaban J connectivity index is 1.62. The van der Waals surface area contributed by atoms with Crippen LogP contribution < -0.4 is 4.72 Å². The number of amides is 1. The minimum absolute atomic E-state index is 0.101. The van der Waals surface area contributed by atoms with Crippen molar-refractivity contribution in [1.29, 1.82) is 0 Å². The molecule has 1 aromatic carbocycles. The number of nitrogens with one attached hydrogen (secondary N) is 2. The number of likely N-dealkylation sites (tertiary alicyclic amines) is 1. The van der Waals surface area contributed by atoms with E-state index in [0.717, 1.165) is 42.1 Å². The molecule has 0 bridgehead atoms. The van der Waals surface area contributed by atoms with Crippen LogP contribution in [0.25, 0.3) is 10.9 Å². The van der Waals surface area contributed by atoms with Crippen LogP contribution in [0.5, 0.6) is 0 Å². The normalized spacial score (nSPS) is 18.9. The molecule has 6 nitrogen and oxygen atoms in total. The summed E-state index contributed by atoms with van der Waals surface area (Å²) in [6.07, 6.45) is 5.29. The van der Waals surface area contributed by atoms with Gasteiger partial charge in [-0.15, -0.1) is 0 Å². The van der Waals surface area contributed by atoms with E-state index in [1.165, 1.54) is 0 Å². The molecule has 1 aliphatic rings. The highest BCUT2D eigenvalue weighted by Gasteiger charge is 2.24. The zero-order valence-corrected chi connectivity index (χ0v) is 14.6. The van der Waals surface area contributed by atoms with Crippen molar-refractivity contribution in [3.05, 3.63) is 36.0 Å². The van der Waals surface area contributed by atoms with Gasteiger partial charge in [-0.3, -0.25) is 4.79 Å². The lowest BCUT2D eigenvalue weighted by Crippen LogP contribution is -2.44. The van der Waals surface area contributed by atoms with E-state index in [1.807, 2.05) is 35.4 Å². The number of H-pyrrole nitrogens is 1. The van der Waals surface area contributed by atoms with Crippen LogP contribution in [0.2, 0.25) is 0 Å². The molecule has 1 atom stereocenters. The van der Waals surface area contributed by atoms with Crippen molar-refractivity contribution >= 4 is 26.8 Å². The van der Waals surface area contributed by atoms with E-state index in [-0.39, 0.29) is 11.8 Å². The van der Waals surface area contributed by atoms with Gasteiger partial charge >= 0.3 is 0 Å². The van der Waals surface area contributed by atoms with Gasteiger partial charge in [0.1, 0.15) is 0 Å². The molecule has 0 unspecified atom stereocenters. The molecule has 1 amide bonds. The number of carbonyl (C=O) groups excluding carboxylic acids is 1. The lowest BCUT2D eigenvalue weighted by Gasteiger charge is -2.32. The van der Waals surface area contributed by atoms with Crippen molar-refractivity contribution in [2.75, 3.05) is 25.9 Å². The minimum atomic E-state index is -3.18. The third-order valence-electron chi connectivity index (χ3n) is 4.52. The van der Waals surface area contributed by atoms with E-state index in [4.69, 9.17) is 0 Å². The topological polar surface area (TPSA) is 82.3 Å². The third kappa shape index (κ3) is 4.15. The summed E-state index contributed by atoms with van der Waals surface area (Å²) < 4.78 is 25.0. The summed E-state index contributed by atoms with van der Waals surface area (Å²) in [6.45, 7) is 1.76. The smallest absolute Gasteiger partial charge is 0.227 e. The quantitative estimate of drug-likeness (QED) is 0.858. The molecule has 3 rings (SSSR count). The van der Waals surface area contributed by atoms with Crippen molar-refractivity contribution < 1.29 is 13.2 Å². The zero-order chi connectivity index (χ0) is 17.2. The molecule has 0 radical (unpaired) electrons. The Morgan fingerprint density at radius 1 is 1.38 bits per heavy atom. The van der Waals surface area contributed by atoms with Gasteiger partial charge in [0.05, 0.1) is 12.7 Å². The lowest BCUT2D eigenvalue weighted by molar-refractivity contribution is -0.132. The number of sulfonamides is 1. The van der Waals surface area contributed by atoms with E-state index in [2.05, 4.69) is 9.71 Å². The average molecular weight is 349 g/mol. The number of rotatable bonds is 5. The van der Waals surface area contributed by atoms with E-state index >= 15 is 0 Å². The second-order valence-corrected chi connectivity index (χ2v) is 8.34. The molecule has 130 valence electrons. The number of piperidine rings is 1. The van der Waals surface area contributed by atoms with Crippen LogP contribution in [0.15, 0.2) is 30.5 Å². The highest BCUT2D eigenvalue weighted by atomic mass is 32.2. The maximum Gasteiger partial charge on any atom is 0.227 e. The van der Waals surface area contributed by atoms with Crippen LogP contribution in [0.3, 0.4) is 0 Å². The molecular formula is C17H23N3O3S. The maximum absolute atomic E-state index is 12.6. The summed E-state index contributed by atoms with van der Waals surface area (Å²) >= 11 is 0. The fraction of sp³-hybridized carbons (Fsp3) is 0.471. The number of aromatic nitrogens is 1. The second-order valence-electron chi connectivity index (χ2n) is 6.50. The number of benzene rings is 1.